The quantitative estimate of drug-likeness (QED) is 0.662. The number of fused-ring (bicyclic) bond motifs is 1. The Bertz CT molecular complexity index is 1010. The summed E-state index contributed by atoms with van der Waals surface area (Å²) in [5, 5.41) is 0.777. The third-order valence-electron chi connectivity index (χ3n) is 3.87. The molecule has 134 valence electrons. The van der Waals surface area contributed by atoms with Gasteiger partial charge in [0, 0.05) is 23.7 Å². The highest BCUT2D eigenvalue weighted by Gasteiger charge is 2.23. The summed E-state index contributed by atoms with van der Waals surface area (Å²) in [5.41, 5.74) is 7.85. The van der Waals surface area contributed by atoms with Gasteiger partial charge in [-0.1, -0.05) is 17.7 Å². The Kier molecular flexibility index (Phi) is 5.83. The second kappa shape index (κ2) is 7.37. The second-order valence-electron chi connectivity index (χ2n) is 5.47. The van der Waals surface area contributed by atoms with Gasteiger partial charge in [0.2, 0.25) is 0 Å². The van der Waals surface area contributed by atoms with Gasteiger partial charge in [0.25, 0.3) is 10.0 Å². The largest absolute Gasteiger partial charge is 0.495 e. The van der Waals surface area contributed by atoms with Crippen LogP contribution in [0.25, 0.3) is 10.9 Å². The molecule has 0 aliphatic rings. The van der Waals surface area contributed by atoms with E-state index < -0.39 is 10.0 Å². The Morgan fingerprint density at radius 2 is 1.80 bits per heavy atom. The van der Waals surface area contributed by atoms with E-state index >= 15 is 0 Å². The van der Waals surface area contributed by atoms with E-state index in [1.54, 1.807) is 36.4 Å². The minimum absolute atomic E-state index is 0. The summed E-state index contributed by atoms with van der Waals surface area (Å²) in [6.45, 7) is 2.02. The molecule has 25 heavy (non-hydrogen) atoms. The molecule has 0 radical (unpaired) electrons. The van der Waals surface area contributed by atoms with Crippen LogP contribution >= 0.6 is 28.3 Å². The van der Waals surface area contributed by atoms with Crippen LogP contribution in [0.1, 0.15) is 11.3 Å². The van der Waals surface area contributed by atoms with Crippen LogP contribution in [0.4, 0.5) is 0 Å². The van der Waals surface area contributed by atoms with Crippen molar-refractivity contribution in [2.24, 2.45) is 5.73 Å². The molecule has 0 aliphatic carbocycles. The summed E-state index contributed by atoms with van der Waals surface area (Å²) in [4.78, 5) is 0.224. The van der Waals surface area contributed by atoms with Crippen LogP contribution < -0.4 is 10.5 Å². The van der Waals surface area contributed by atoms with E-state index in [4.69, 9.17) is 10.5 Å². The Balaban J connectivity index is 0.00000225. The molecular formula is C17H18BrClN2O3S. The molecule has 8 heteroatoms. The highest BCUT2D eigenvalue weighted by molar-refractivity contribution is 9.10. The average molecular weight is 446 g/mol. The van der Waals surface area contributed by atoms with Crippen LogP contribution in [-0.2, 0) is 16.6 Å². The summed E-state index contributed by atoms with van der Waals surface area (Å²) in [6, 6.07) is 12.1. The van der Waals surface area contributed by atoms with Crippen molar-refractivity contribution in [1.29, 1.82) is 0 Å². The standard InChI is InChI=1S/C17H17BrN2O3S.ClH/c1-11-3-5-14(6-4-11)24(21,22)20-13(10-19)7-12-8-15(18)17(23-2)9-16(12)20;/h3-9H,10,19H2,1-2H3;1H. The fraction of sp³-hybridized carbons (Fsp3) is 0.176. The number of aryl methyl sites for hydroxylation is 1. The van der Waals surface area contributed by atoms with E-state index in [1.807, 2.05) is 13.0 Å². The number of rotatable bonds is 4. The number of benzene rings is 2. The van der Waals surface area contributed by atoms with E-state index in [9.17, 15) is 8.42 Å². The molecule has 0 aliphatic heterocycles. The predicted octanol–water partition coefficient (Wildman–Crippen LogP) is 3.84. The predicted molar refractivity (Wildman–Crippen MR) is 105 cm³/mol. The highest BCUT2D eigenvalue weighted by Crippen LogP contribution is 2.34. The monoisotopic (exact) mass is 444 g/mol. The molecule has 3 rings (SSSR count). The van der Waals surface area contributed by atoms with Gasteiger partial charge in [-0.05, 0) is 47.1 Å². The van der Waals surface area contributed by atoms with Crippen molar-refractivity contribution in [2.75, 3.05) is 7.11 Å². The molecule has 0 unspecified atom stereocenters. The third-order valence-corrected chi connectivity index (χ3v) is 6.27. The first-order valence-corrected chi connectivity index (χ1v) is 9.52. The summed E-state index contributed by atoms with van der Waals surface area (Å²) < 4.78 is 33.6. The lowest BCUT2D eigenvalue weighted by atomic mass is 10.2. The molecule has 1 aromatic heterocycles. The smallest absolute Gasteiger partial charge is 0.268 e. The molecule has 1 heterocycles. The molecular weight excluding hydrogens is 428 g/mol. The molecule has 0 saturated heterocycles. The van der Waals surface area contributed by atoms with Crippen LogP contribution in [0.3, 0.4) is 0 Å². The van der Waals surface area contributed by atoms with Gasteiger partial charge in [0.15, 0.2) is 0 Å². The first-order chi connectivity index (χ1) is 11.4. The first kappa shape index (κ1) is 19.8. The van der Waals surface area contributed by atoms with Crippen molar-refractivity contribution in [2.45, 2.75) is 18.4 Å². The molecule has 0 spiro atoms. The SMILES string of the molecule is COc1cc2c(cc1Br)cc(CN)n2S(=O)(=O)c1ccc(C)cc1.Cl. The van der Waals surface area contributed by atoms with E-state index in [-0.39, 0.29) is 23.8 Å². The van der Waals surface area contributed by atoms with Gasteiger partial charge >= 0.3 is 0 Å². The van der Waals surface area contributed by atoms with Crippen LogP contribution in [-0.4, -0.2) is 19.5 Å². The number of methoxy groups -OCH3 is 1. The van der Waals surface area contributed by atoms with E-state index in [0.29, 0.717) is 17.0 Å². The van der Waals surface area contributed by atoms with Crippen molar-refractivity contribution in [3.05, 3.63) is 58.2 Å². The number of aromatic nitrogens is 1. The maximum absolute atomic E-state index is 13.1. The number of hydrogen-bond acceptors (Lipinski definition) is 4. The average Bonchev–Trinajstić information content (AvgIpc) is 2.92. The van der Waals surface area contributed by atoms with Gasteiger partial charge in [0.05, 0.1) is 22.0 Å². The molecule has 3 aromatic rings. The normalized spacial score (nSPS) is 11.4. The maximum atomic E-state index is 13.1. The minimum atomic E-state index is -3.75. The molecule has 0 bridgehead atoms. The topological polar surface area (TPSA) is 74.3 Å². The van der Waals surface area contributed by atoms with Crippen molar-refractivity contribution in [1.82, 2.24) is 3.97 Å². The summed E-state index contributed by atoms with van der Waals surface area (Å²) in [6.07, 6.45) is 0. The van der Waals surface area contributed by atoms with Crippen LogP contribution in [0.2, 0.25) is 0 Å². The minimum Gasteiger partial charge on any atom is -0.495 e. The van der Waals surface area contributed by atoms with Gasteiger partial charge in [0.1, 0.15) is 5.75 Å². The van der Waals surface area contributed by atoms with Crippen molar-refractivity contribution < 1.29 is 13.2 Å². The number of nitrogens with zero attached hydrogens (tertiary/aromatic N) is 1. The van der Waals surface area contributed by atoms with E-state index in [2.05, 4.69) is 15.9 Å². The highest BCUT2D eigenvalue weighted by atomic mass is 79.9. The van der Waals surface area contributed by atoms with Crippen molar-refractivity contribution in [3.63, 3.8) is 0 Å². The molecule has 0 atom stereocenters. The molecule has 0 fully saturated rings. The van der Waals surface area contributed by atoms with Crippen molar-refractivity contribution in [3.8, 4) is 5.75 Å². The lowest BCUT2D eigenvalue weighted by Gasteiger charge is -2.12. The Labute approximate surface area is 161 Å². The van der Waals surface area contributed by atoms with Crippen LogP contribution in [0, 0.1) is 6.92 Å². The van der Waals surface area contributed by atoms with Crippen LogP contribution in [0.5, 0.6) is 5.75 Å². The lowest BCUT2D eigenvalue weighted by Crippen LogP contribution is -2.17. The molecule has 5 nitrogen and oxygen atoms in total. The van der Waals surface area contributed by atoms with Crippen LogP contribution in [0.15, 0.2) is 51.8 Å². The molecule has 2 aromatic carbocycles. The van der Waals surface area contributed by atoms with Gasteiger partial charge in [-0.2, -0.15) is 0 Å². The number of nitrogens with two attached hydrogens (primary N) is 1. The van der Waals surface area contributed by atoms with Gasteiger partial charge in [-0.3, -0.25) is 0 Å². The fourth-order valence-electron chi connectivity index (χ4n) is 2.64. The van der Waals surface area contributed by atoms with Crippen molar-refractivity contribution >= 4 is 49.3 Å². The first-order valence-electron chi connectivity index (χ1n) is 7.28. The van der Waals surface area contributed by atoms with Gasteiger partial charge in [-0.15, -0.1) is 12.4 Å². The Hall–Kier alpha value is -1.54. The lowest BCUT2D eigenvalue weighted by molar-refractivity contribution is 0.412. The van der Waals surface area contributed by atoms with Gasteiger partial charge < -0.3 is 10.5 Å². The maximum Gasteiger partial charge on any atom is 0.268 e. The molecule has 0 saturated carbocycles. The summed E-state index contributed by atoms with van der Waals surface area (Å²) in [7, 11) is -2.21. The Morgan fingerprint density at radius 1 is 1.16 bits per heavy atom. The number of halogens is 2. The third kappa shape index (κ3) is 3.42. The second-order valence-corrected chi connectivity index (χ2v) is 8.11. The summed E-state index contributed by atoms with van der Waals surface area (Å²) in [5.74, 6) is 0.560. The number of ether oxygens (including phenoxy) is 1. The van der Waals surface area contributed by atoms with E-state index in [1.165, 1.54) is 11.1 Å². The fourth-order valence-corrected chi connectivity index (χ4v) is 4.71. The molecule has 0 amide bonds. The number of hydrogen-bond donors (Lipinski definition) is 1. The zero-order valence-corrected chi connectivity index (χ0v) is 16.9. The Morgan fingerprint density at radius 3 is 2.36 bits per heavy atom. The van der Waals surface area contributed by atoms with Gasteiger partial charge in [-0.25, -0.2) is 12.4 Å². The summed E-state index contributed by atoms with van der Waals surface area (Å²) >= 11 is 3.42. The zero-order valence-electron chi connectivity index (χ0n) is 13.7. The molecule has 2 N–H and O–H groups in total. The van der Waals surface area contributed by atoms with E-state index in [0.717, 1.165) is 15.4 Å². The zero-order chi connectivity index (χ0) is 17.5.